The van der Waals surface area contributed by atoms with Crippen molar-refractivity contribution in [3.63, 3.8) is 0 Å². The number of carbonyl (C=O) groups excluding carboxylic acids is 1. The van der Waals surface area contributed by atoms with Crippen LogP contribution in [0.4, 0.5) is 5.69 Å². The standard InChI is InChI=1S/C21H23ClN4O2S/c1-4-26-20(15(3)28-18-10-8-14(2)9-11-18)24-25-21(26)29-13-19(27)23-17-7-5-6-16(22)12-17/h5-12,15H,4,13H2,1-3H3,(H,23,27). The van der Waals surface area contributed by atoms with Gasteiger partial charge in [0.25, 0.3) is 0 Å². The minimum absolute atomic E-state index is 0.131. The summed E-state index contributed by atoms with van der Waals surface area (Å²) < 4.78 is 7.97. The summed E-state index contributed by atoms with van der Waals surface area (Å²) in [5.74, 6) is 1.60. The summed E-state index contributed by atoms with van der Waals surface area (Å²) in [6.07, 6.45) is -0.264. The molecular formula is C21H23ClN4O2S. The van der Waals surface area contributed by atoms with Gasteiger partial charge in [0.05, 0.1) is 5.75 Å². The van der Waals surface area contributed by atoms with Gasteiger partial charge >= 0.3 is 0 Å². The Bertz CT molecular complexity index is 975. The molecule has 0 aliphatic carbocycles. The Morgan fingerprint density at radius 1 is 1.24 bits per heavy atom. The number of anilines is 1. The zero-order chi connectivity index (χ0) is 20.8. The topological polar surface area (TPSA) is 69.0 Å². The molecule has 0 aliphatic rings. The van der Waals surface area contributed by atoms with Crippen molar-refractivity contribution in [2.24, 2.45) is 0 Å². The quantitative estimate of drug-likeness (QED) is 0.501. The van der Waals surface area contributed by atoms with Gasteiger partial charge in [-0.2, -0.15) is 0 Å². The lowest BCUT2D eigenvalue weighted by molar-refractivity contribution is -0.113. The number of halogens is 1. The van der Waals surface area contributed by atoms with Crippen LogP contribution in [-0.2, 0) is 11.3 Å². The number of rotatable bonds is 8. The molecule has 0 bridgehead atoms. The number of carbonyl (C=O) groups is 1. The van der Waals surface area contributed by atoms with Crippen molar-refractivity contribution in [2.45, 2.75) is 38.6 Å². The molecule has 1 unspecified atom stereocenters. The Morgan fingerprint density at radius 3 is 2.69 bits per heavy atom. The highest BCUT2D eigenvalue weighted by Crippen LogP contribution is 2.25. The highest BCUT2D eigenvalue weighted by Gasteiger charge is 2.19. The molecule has 3 aromatic rings. The van der Waals surface area contributed by atoms with Crippen molar-refractivity contribution in [1.29, 1.82) is 0 Å². The summed E-state index contributed by atoms with van der Waals surface area (Å²) in [6, 6.07) is 14.9. The Morgan fingerprint density at radius 2 is 2.00 bits per heavy atom. The fraction of sp³-hybridized carbons (Fsp3) is 0.286. The minimum atomic E-state index is -0.264. The fourth-order valence-electron chi connectivity index (χ4n) is 2.77. The zero-order valence-electron chi connectivity index (χ0n) is 16.6. The molecule has 0 spiro atoms. The van der Waals surface area contributed by atoms with Crippen LogP contribution in [0, 0.1) is 6.92 Å². The number of nitrogens with one attached hydrogen (secondary N) is 1. The minimum Gasteiger partial charge on any atom is -0.483 e. The van der Waals surface area contributed by atoms with Gasteiger partial charge in [0, 0.05) is 17.3 Å². The molecule has 0 saturated heterocycles. The van der Waals surface area contributed by atoms with E-state index in [1.165, 1.54) is 17.3 Å². The third-order valence-corrected chi connectivity index (χ3v) is 5.40. The Labute approximate surface area is 179 Å². The molecule has 3 rings (SSSR count). The summed E-state index contributed by atoms with van der Waals surface area (Å²) in [6.45, 7) is 6.67. The van der Waals surface area contributed by atoms with E-state index in [0.29, 0.717) is 22.4 Å². The number of nitrogens with zero attached hydrogens (tertiary/aromatic N) is 3. The van der Waals surface area contributed by atoms with E-state index < -0.39 is 0 Å². The fourth-order valence-corrected chi connectivity index (χ4v) is 3.77. The monoisotopic (exact) mass is 430 g/mol. The van der Waals surface area contributed by atoms with Gasteiger partial charge < -0.3 is 14.6 Å². The van der Waals surface area contributed by atoms with Crippen molar-refractivity contribution in [3.05, 3.63) is 64.9 Å². The summed E-state index contributed by atoms with van der Waals surface area (Å²) >= 11 is 7.29. The molecule has 8 heteroatoms. The van der Waals surface area contributed by atoms with E-state index in [-0.39, 0.29) is 17.8 Å². The number of ether oxygens (including phenoxy) is 1. The molecule has 1 heterocycles. The van der Waals surface area contributed by atoms with E-state index in [1.807, 2.05) is 49.6 Å². The first kappa shape index (κ1) is 21.2. The van der Waals surface area contributed by atoms with E-state index >= 15 is 0 Å². The number of aryl methyl sites for hydroxylation is 1. The summed E-state index contributed by atoms with van der Waals surface area (Å²) in [5.41, 5.74) is 1.84. The molecule has 1 N–H and O–H groups in total. The van der Waals surface area contributed by atoms with Crippen molar-refractivity contribution >= 4 is 35.0 Å². The lowest BCUT2D eigenvalue weighted by atomic mass is 10.2. The second-order valence-electron chi connectivity index (χ2n) is 6.51. The van der Waals surface area contributed by atoms with E-state index in [0.717, 1.165) is 11.6 Å². The van der Waals surface area contributed by atoms with E-state index in [1.54, 1.807) is 24.3 Å². The molecule has 29 heavy (non-hydrogen) atoms. The number of benzene rings is 2. The van der Waals surface area contributed by atoms with Gasteiger partial charge in [0.2, 0.25) is 5.91 Å². The van der Waals surface area contributed by atoms with Gasteiger partial charge in [-0.1, -0.05) is 47.1 Å². The molecule has 6 nitrogen and oxygen atoms in total. The van der Waals surface area contributed by atoms with E-state index in [4.69, 9.17) is 16.3 Å². The molecule has 152 valence electrons. The average molecular weight is 431 g/mol. The maximum absolute atomic E-state index is 12.2. The number of hydrogen-bond acceptors (Lipinski definition) is 5. The Balaban J connectivity index is 1.62. The van der Waals surface area contributed by atoms with Crippen molar-refractivity contribution < 1.29 is 9.53 Å². The maximum atomic E-state index is 12.2. The first-order valence-corrected chi connectivity index (χ1v) is 10.7. The third kappa shape index (κ3) is 5.74. The van der Waals surface area contributed by atoms with Gasteiger partial charge in [-0.3, -0.25) is 4.79 Å². The van der Waals surface area contributed by atoms with Gasteiger partial charge in [-0.05, 0) is 51.1 Å². The zero-order valence-corrected chi connectivity index (χ0v) is 18.1. The molecule has 1 amide bonds. The summed E-state index contributed by atoms with van der Waals surface area (Å²) in [7, 11) is 0. The van der Waals surface area contributed by atoms with Crippen LogP contribution in [0.15, 0.2) is 53.7 Å². The number of aromatic nitrogens is 3. The van der Waals surface area contributed by atoms with Crippen LogP contribution in [-0.4, -0.2) is 26.4 Å². The Kier molecular flexibility index (Phi) is 7.17. The molecular weight excluding hydrogens is 408 g/mol. The first-order chi connectivity index (χ1) is 14.0. The lowest BCUT2D eigenvalue weighted by Gasteiger charge is -2.15. The number of hydrogen-bond donors (Lipinski definition) is 1. The number of thioether (sulfide) groups is 1. The van der Waals surface area contributed by atoms with Crippen molar-refractivity contribution in [2.75, 3.05) is 11.1 Å². The first-order valence-electron chi connectivity index (χ1n) is 9.31. The van der Waals surface area contributed by atoms with Gasteiger partial charge in [0.15, 0.2) is 17.1 Å². The normalized spacial score (nSPS) is 11.9. The van der Waals surface area contributed by atoms with Crippen LogP contribution in [0.25, 0.3) is 0 Å². The predicted octanol–water partition coefficient (Wildman–Crippen LogP) is 5.13. The van der Waals surface area contributed by atoms with E-state index in [9.17, 15) is 4.79 Å². The molecule has 0 saturated carbocycles. The largest absolute Gasteiger partial charge is 0.483 e. The second-order valence-corrected chi connectivity index (χ2v) is 7.88. The van der Waals surface area contributed by atoms with Crippen LogP contribution >= 0.6 is 23.4 Å². The van der Waals surface area contributed by atoms with Gasteiger partial charge in [0.1, 0.15) is 5.75 Å². The number of amides is 1. The van der Waals surface area contributed by atoms with Crippen LogP contribution in [0.3, 0.4) is 0 Å². The predicted molar refractivity (Wildman–Crippen MR) is 117 cm³/mol. The molecule has 2 aromatic carbocycles. The third-order valence-electron chi connectivity index (χ3n) is 4.20. The summed E-state index contributed by atoms with van der Waals surface area (Å²) in [4.78, 5) is 12.2. The highest BCUT2D eigenvalue weighted by molar-refractivity contribution is 7.99. The second kappa shape index (κ2) is 9.80. The van der Waals surface area contributed by atoms with Crippen LogP contribution in [0.1, 0.15) is 31.3 Å². The van der Waals surface area contributed by atoms with E-state index in [2.05, 4.69) is 15.5 Å². The molecule has 1 aromatic heterocycles. The average Bonchev–Trinajstić information content (AvgIpc) is 3.11. The molecule has 1 atom stereocenters. The smallest absolute Gasteiger partial charge is 0.234 e. The van der Waals surface area contributed by atoms with Crippen LogP contribution < -0.4 is 10.1 Å². The SMILES string of the molecule is CCn1c(SCC(=O)Nc2cccc(Cl)c2)nnc1C(C)Oc1ccc(C)cc1. The lowest BCUT2D eigenvalue weighted by Crippen LogP contribution is -2.15. The van der Waals surface area contributed by atoms with Crippen LogP contribution in [0.5, 0.6) is 5.75 Å². The summed E-state index contributed by atoms with van der Waals surface area (Å²) in [5, 5.41) is 12.6. The van der Waals surface area contributed by atoms with Crippen molar-refractivity contribution in [1.82, 2.24) is 14.8 Å². The molecule has 0 radical (unpaired) electrons. The molecule has 0 aliphatic heterocycles. The van der Waals surface area contributed by atoms with Crippen molar-refractivity contribution in [3.8, 4) is 5.75 Å². The highest BCUT2D eigenvalue weighted by atomic mass is 35.5. The Hall–Kier alpha value is -2.51. The van der Waals surface area contributed by atoms with Crippen LogP contribution in [0.2, 0.25) is 5.02 Å². The van der Waals surface area contributed by atoms with Gasteiger partial charge in [-0.15, -0.1) is 10.2 Å². The van der Waals surface area contributed by atoms with Gasteiger partial charge in [-0.25, -0.2) is 0 Å². The maximum Gasteiger partial charge on any atom is 0.234 e. The molecule has 0 fully saturated rings.